The van der Waals surface area contributed by atoms with Crippen LogP contribution < -0.4 is 0 Å². The van der Waals surface area contributed by atoms with E-state index < -0.39 is 0 Å². The van der Waals surface area contributed by atoms with Crippen molar-refractivity contribution < 1.29 is 9.50 Å². The molecule has 0 aliphatic carbocycles. The van der Waals surface area contributed by atoms with Crippen molar-refractivity contribution in [2.45, 2.75) is 39.5 Å². The molecule has 5 rings (SSSR count). The summed E-state index contributed by atoms with van der Waals surface area (Å²) in [6, 6.07) is 19.4. The van der Waals surface area contributed by atoms with Crippen molar-refractivity contribution in [2.24, 2.45) is 5.92 Å². The Morgan fingerprint density at radius 3 is 2.61 bits per heavy atom. The van der Waals surface area contributed by atoms with Crippen LogP contribution in [0.25, 0.3) is 15.7 Å². The molecule has 0 radical (unpaired) electrons. The van der Waals surface area contributed by atoms with Gasteiger partial charge in [0.1, 0.15) is 11.6 Å². The molecule has 0 spiro atoms. The Morgan fingerprint density at radius 1 is 1.08 bits per heavy atom. The molecule has 1 aliphatic rings. The van der Waals surface area contributed by atoms with Crippen LogP contribution in [0.2, 0.25) is 0 Å². The van der Waals surface area contributed by atoms with Crippen LogP contribution in [0.4, 0.5) is 4.39 Å². The predicted molar refractivity (Wildman–Crippen MR) is 151 cm³/mol. The van der Waals surface area contributed by atoms with E-state index >= 15 is 0 Å². The predicted octanol–water partition coefficient (Wildman–Crippen LogP) is 7.98. The number of aromatic hydroxyl groups is 1. The van der Waals surface area contributed by atoms with Crippen molar-refractivity contribution >= 4 is 27.0 Å². The maximum absolute atomic E-state index is 14.1. The van der Waals surface area contributed by atoms with Crippen LogP contribution in [0.1, 0.15) is 52.5 Å². The van der Waals surface area contributed by atoms with Crippen LogP contribution in [0.3, 0.4) is 0 Å². The van der Waals surface area contributed by atoms with E-state index in [0.29, 0.717) is 0 Å². The van der Waals surface area contributed by atoms with Crippen LogP contribution >= 0.6 is 11.3 Å². The molecule has 1 unspecified atom stereocenters. The largest absolute Gasteiger partial charge is 0.508 e. The SMILES string of the molecule is C=C(c1cc(F)ccc1C)c1sc2cc(O)ccc2c1Cc1ccc(CCCN2CCC(C)C2)cc1. The highest BCUT2D eigenvalue weighted by Gasteiger charge is 2.19. The number of halogens is 1. The second-order valence-corrected chi connectivity index (χ2v) is 11.4. The Labute approximate surface area is 217 Å². The molecule has 4 aromatic rings. The summed E-state index contributed by atoms with van der Waals surface area (Å²) in [7, 11) is 0. The minimum atomic E-state index is -0.258. The molecule has 1 atom stereocenters. The molecule has 0 saturated carbocycles. The summed E-state index contributed by atoms with van der Waals surface area (Å²) >= 11 is 1.61. The quantitative estimate of drug-likeness (QED) is 0.266. The van der Waals surface area contributed by atoms with Gasteiger partial charge in [-0.15, -0.1) is 11.3 Å². The maximum Gasteiger partial charge on any atom is 0.123 e. The molecular weight excluding hydrogens is 465 g/mol. The fourth-order valence-electron chi connectivity index (χ4n) is 5.36. The number of hydrogen-bond acceptors (Lipinski definition) is 3. The molecule has 0 bridgehead atoms. The lowest BCUT2D eigenvalue weighted by molar-refractivity contribution is 0.323. The molecule has 186 valence electrons. The van der Waals surface area contributed by atoms with Crippen LogP contribution in [-0.2, 0) is 12.8 Å². The van der Waals surface area contributed by atoms with Crippen molar-refractivity contribution in [3.8, 4) is 5.75 Å². The second-order valence-electron chi connectivity index (χ2n) is 10.3. The van der Waals surface area contributed by atoms with E-state index in [9.17, 15) is 9.50 Å². The van der Waals surface area contributed by atoms with Crippen molar-refractivity contribution in [3.63, 3.8) is 0 Å². The number of phenols is 1. The molecule has 2 heterocycles. The Hall–Kier alpha value is -2.95. The first kappa shape index (κ1) is 24.7. The summed E-state index contributed by atoms with van der Waals surface area (Å²) in [5.41, 5.74) is 6.46. The molecule has 1 N–H and O–H groups in total. The minimum absolute atomic E-state index is 0.252. The monoisotopic (exact) mass is 499 g/mol. The number of benzene rings is 3. The summed E-state index contributed by atoms with van der Waals surface area (Å²) in [4.78, 5) is 3.64. The topological polar surface area (TPSA) is 23.5 Å². The Morgan fingerprint density at radius 2 is 1.86 bits per heavy atom. The lowest BCUT2D eigenvalue weighted by atomic mass is 9.94. The highest BCUT2D eigenvalue weighted by Crippen LogP contribution is 2.41. The molecule has 4 heteroatoms. The first-order valence-electron chi connectivity index (χ1n) is 12.9. The molecule has 2 nitrogen and oxygen atoms in total. The number of aryl methyl sites for hydroxylation is 2. The average molecular weight is 500 g/mol. The first-order chi connectivity index (χ1) is 17.4. The summed E-state index contributed by atoms with van der Waals surface area (Å²) in [6.45, 7) is 12.4. The smallest absolute Gasteiger partial charge is 0.123 e. The zero-order chi connectivity index (χ0) is 25.2. The van der Waals surface area contributed by atoms with E-state index in [2.05, 4.69) is 42.7 Å². The third-order valence-corrected chi connectivity index (χ3v) is 8.68. The highest BCUT2D eigenvalue weighted by molar-refractivity contribution is 7.20. The van der Waals surface area contributed by atoms with Crippen LogP contribution in [-0.4, -0.2) is 29.6 Å². The summed E-state index contributed by atoms with van der Waals surface area (Å²) in [6.07, 6.45) is 4.40. The standard InChI is InChI=1S/C32H34FNOS/c1-21-14-16-34(20-21)15-4-5-24-7-9-25(10-8-24)17-30-28-13-12-27(35)19-31(28)36-32(30)23(3)29-18-26(33)11-6-22(29)2/h6-13,18-19,21,35H,3-5,14-17,20H2,1-2H3. The van der Waals surface area contributed by atoms with Gasteiger partial charge in [0.05, 0.1) is 0 Å². The first-order valence-corrected chi connectivity index (χ1v) is 13.7. The lowest BCUT2D eigenvalue weighted by Gasteiger charge is -2.15. The normalized spacial score (nSPS) is 16.1. The molecule has 1 saturated heterocycles. The lowest BCUT2D eigenvalue weighted by Crippen LogP contribution is -2.21. The molecule has 1 aliphatic heterocycles. The molecule has 3 aromatic carbocycles. The highest BCUT2D eigenvalue weighted by atomic mass is 32.1. The van der Waals surface area contributed by atoms with Crippen molar-refractivity contribution in [3.05, 3.63) is 106 Å². The van der Waals surface area contributed by atoms with Crippen LogP contribution in [0, 0.1) is 18.7 Å². The Kier molecular flexibility index (Phi) is 7.27. The van der Waals surface area contributed by atoms with Crippen LogP contribution in [0.15, 0.2) is 67.2 Å². The molecule has 1 aromatic heterocycles. The van der Waals surface area contributed by atoms with Gasteiger partial charge in [0.15, 0.2) is 0 Å². The van der Waals surface area contributed by atoms with Crippen molar-refractivity contribution in [2.75, 3.05) is 19.6 Å². The number of likely N-dealkylation sites (tertiary alicyclic amines) is 1. The van der Waals surface area contributed by atoms with E-state index in [-0.39, 0.29) is 11.6 Å². The summed E-state index contributed by atoms with van der Waals surface area (Å²) in [5, 5.41) is 11.2. The number of fused-ring (bicyclic) bond motifs is 1. The number of thiophene rings is 1. The van der Waals surface area contributed by atoms with Gasteiger partial charge in [-0.3, -0.25) is 0 Å². The Bertz CT molecular complexity index is 1390. The number of nitrogens with zero attached hydrogens (tertiary/aromatic N) is 1. The Balaban J connectivity index is 1.37. The van der Waals surface area contributed by atoms with E-state index in [4.69, 9.17) is 0 Å². The van der Waals surface area contributed by atoms with E-state index in [0.717, 1.165) is 50.4 Å². The van der Waals surface area contributed by atoms with Gasteiger partial charge < -0.3 is 10.0 Å². The number of rotatable bonds is 8. The average Bonchev–Trinajstić information content (AvgIpc) is 3.44. The van der Waals surface area contributed by atoms with Gasteiger partial charge in [0.2, 0.25) is 0 Å². The zero-order valence-corrected chi connectivity index (χ0v) is 22.0. The van der Waals surface area contributed by atoms with E-state index in [1.165, 1.54) is 55.2 Å². The van der Waals surface area contributed by atoms with Crippen LogP contribution in [0.5, 0.6) is 5.75 Å². The van der Waals surface area contributed by atoms with Crippen molar-refractivity contribution in [1.82, 2.24) is 4.90 Å². The summed E-state index contributed by atoms with van der Waals surface area (Å²) in [5.74, 6) is 0.835. The number of hydrogen-bond donors (Lipinski definition) is 1. The fraction of sp³-hybridized carbons (Fsp3) is 0.312. The van der Waals surface area contributed by atoms with Crippen molar-refractivity contribution in [1.29, 1.82) is 0 Å². The van der Waals surface area contributed by atoms with Gasteiger partial charge in [-0.2, -0.15) is 0 Å². The third kappa shape index (κ3) is 5.40. The van der Waals surface area contributed by atoms with Gasteiger partial charge >= 0.3 is 0 Å². The van der Waals surface area contributed by atoms with E-state index in [1.807, 2.05) is 19.1 Å². The second kappa shape index (κ2) is 10.6. The zero-order valence-electron chi connectivity index (χ0n) is 21.2. The maximum atomic E-state index is 14.1. The summed E-state index contributed by atoms with van der Waals surface area (Å²) < 4.78 is 15.1. The molecular formula is C32H34FNOS. The van der Waals surface area contributed by atoms with Gasteiger partial charge in [-0.25, -0.2) is 4.39 Å². The minimum Gasteiger partial charge on any atom is -0.508 e. The van der Waals surface area contributed by atoms with Gasteiger partial charge in [-0.1, -0.05) is 43.8 Å². The van der Waals surface area contributed by atoms with Gasteiger partial charge in [0.25, 0.3) is 0 Å². The third-order valence-electron chi connectivity index (χ3n) is 7.43. The van der Waals surface area contributed by atoms with Gasteiger partial charge in [-0.05, 0) is 121 Å². The molecule has 1 fully saturated rings. The fourth-order valence-corrected chi connectivity index (χ4v) is 6.60. The molecule has 0 amide bonds. The van der Waals surface area contributed by atoms with E-state index in [1.54, 1.807) is 29.5 Å². The van der Waals surface area contributed by atoms with Gasteiger partial charge in [0, 0.05) is 16.1 Å². The molecule has 36 heavy (non-hydrogen) atoms. The number of phenolic OH excluding ortho intramolecular Hbond substituents is 1.